The van der Waals surface area contributed by atoms with Gasteiger partial charge in [0.05, 0.1) is 5.60 Å². The summed E-state index contributed by atoms with van der Waals surface area (Å²) >= 11 is 9.45. The Kier molecular flexibility index (Phi) is 2.47. The van der Waals surface area contributed by atoms with Crippen LogP contribution in [0.4, 0.5) is 0 Å². The van der Waals surface area contributed by atoms with E-state index in [1.54, 1.807) is 6.20 Å². The quantitative estimate of drug-likeness (QED) is 0.880. The maximum absolute atomic E-state index is 9.79. The molecule has 2 aromatic heterocycles. The van der Waals surface area contributed by atoms with E-state index in [-0.39, 0.29) is 5.92 Å². The largest absolute Gasteiger partial charge is 0.390 e. The fourth-order valence-corrected chi connectivity index (χ4v) is 3.37. The van der Waals surface area contributed by atoms with Crippen molar-refractivity contribution in [1.82, 2.24) is 14.4 Å². The Morgan fingerprint density at radius 2 is 2.29 bits per heavy atom. The number of rotatable bonds is 1. The topological polar surface area (TPSA) is 50.4 Å². The van der Waals surface area contributed by atoms with E-state index in [1.165, 1.54) is 0 Å². The highest BCUT2D eigenvalue weighted by molar-refractivity contribution is 9.10. The maximum Gasteiger partial charge on any atom is 0.155 e. The monoisotopic (exact) mass is 315 g/mol. The van der Waals surface area contributed by atoms with Crippen molar-refractivity contribution in [3.63, 3.8) is 0 Å². The van der Waals surface area contributed by atoms with Crippen LogP contribution >= 0.6 is 27.5 Å². The average molecular weight is 317 g/mol. The zero-order valence-electron chi connectivity index (χ0n) is 9.19. The van der Waals surface area contributed by atoms with Crippen LogP contribution in [0.3, 0.4) is 0 Å². The molecule has 1 aliphatic rings. The van der Waals surface area contributed by atoms with Gasteiger partial charge in [-0.3, -0.25) is 4.40 Å². The van der Waals surface area contributed by atoms with Gasteiger partial charge in [0.2, 0.25) is 0 Å². The Morgan fingerprint density at radius 3 is 2.94 bits per heavy atom. The van der Waals surface area contributed by atoms with E-state index in [4.69, 9.17) is 11.6 Å². The molecule has 6 heteroatoms. The highest BCUT2D eigenvalue weighted by Gasteiger charge is 2.41. The van der Waals surface area contributed by atoms with Crippen molar-refractivity contribution in [2.75, 3.05) is 0 Å². The van der Waals surface area contributed by atoms with Crippen LogP contribution in [0.5, 0.6) is 0 Å². The van der Waals surface area contributed by atoms with E-state index in [2.05, 4.69) is 25.9 Å². The Bertz CT molecular complexity index is 588. The van der Waals surface area contributed by atoms with Crippen molar-refractivity contribution in [3.05, 3.63) is 28.0 Å². The van der Waals surface area contributed by atoms with Crippen molar-refractivity contribution in [3.8, 4) is 0 Å². The maximum atomic E-state index is 9.79. The number of nitrogens with zero attached hydrogens (tertiary/aromatic N) is 3. The fourth-order valence-electron chi connectivity index (χ4n) is 2.46. The van der Waals surface area contributed by atoms with E-state index >= 15 is 0 Å². The summed E-state index contributed by atoms with van der Waals surface area (Å²) in [6.45, 7) is 1.85. The molecule has 90 valence electrons. The minimum atomic E-state index is -0.556. The molecule has 0 radical (unpaired) electrons. The third-order valence-electron chi connectivity index (χ3n) is 3.23. The molecule has 3 rings (SSSR count). The van der Waals surface area contributed by atoms with Crippen LogP contribution in [0.1, 0.15) is 31.5 Å². The molecule has 0 saturated heterocycles. The summed E-state index contributed by atoms with van der Waals surface area (Å²) in [6, 6.07) is 0. The van der Waals surface area contributed by atoms with Gasteiger partial charge in [-0.05, 0) is 35.7 Å². The molecule has 1 fully saturated rings. The van der Waals surface area contributed by atoms with Crippen molar-refractivity contribution in [2.24, 2.45) is 0 Å². The van der Waals surface area contributed by atoms with Gasteiger partial charge in [-0.2, -0.15) is 0 Å². The Morgan fingerprint density at radius 1 is 1.59 bits per heavy atom. The summed E-state index contributed by atoms with van der Waals surface area (Å²) in [5, 5.41) is 10.2. The van der Waals surface area contributed by atoms with Crippen LogP contribution < -0.4 is 0 Å². The second-order valence-electron chi connectivity index (χ2n) is 4.80. The molecular weight excluding hydrogens is 305 g/mol. The first-order valence-corrected chi connectivity index (χ1v) is 6.55. The lowest BCUT2D eigenvalue weighted by Gasteiger charge is -2.40. The van der Waals surface area contributed by atoms with E-state index < -0.39 is 5.60 Å². The molecule has 0 aromatic carbocycles. The third kappa shape index (κ3) is 1.77. The molecule has 2 heterocycles. The highest BCUT2D eigenvalue weighted by atomic mass is 79.9. The zero-order chi connectivity index (χ0) is 12.2. The zero-order valence-corrected chi connectivity index (χ0v) is 11.5. The van der Waals surface area contributed by atoms with Gasteiger partial charge in [0.1, 0.15) is 15.9 Å². The van der Waals surface area contributed by atoms with Crippen LogP contribution in [0.2, 0.25) is 5.15 Å². The number of halogens is 2. The van der Waals surface area contributed by atoms with Gasteiger partial charge in [-0.25, -0.2) is 9.97 Å². The van der Waals surface area contributed by atoms with E-state index in [1.807, 2.05) is 17.5 Å². The van der Waals surface area contributed by atoms with Crippen molar-refractivity contribution < 1.29 is 5.11 Å². The molecule has 0 aliphatic heterocycles. The highest BCUT2D eigenvalue weighted by Crippen LogP contribution is 2.44. The number of aromatic nitrogens is 3. The van der Waals surface area contributed by atoms with Gasteiger partial charge >= 0.3 is 0 Å². The smallest absolute Gasteiger partial charge is 0.155 e. The number of hydrogen-bond donors (Lipinski definition) is 1. The minimum absolute atomic E-state index is 0.280. The first kappa shape index (κ1) is 11.4. The molecule has 0 unspecified atom stereocenters. The van der Waals surface area contributed by atoms with Crippen LogP contribution in [0.15, 0.2) is 17.0 Å². The predicted molar refractivity (Wildman–Crippen MR) is 68.3 cm³/mol. The van der Waals surface area contributed by atoms with Crippen LogP contribution in [-0.4, -0.2) is 25.1 Å². The Labute approximate surface area is 112 Å². The Balaban J connectivity index is 2.10. The van der Waals surface area contributed by atoms with Gasteiger partial charge in [-0.15, -0.1) is 0 Å². The van der Waals surface area contributed by atoms with Gasteiger partial charge in [0.15, 0.2) is 5.15 Å². The molecule has 1 aliphatic carbocycles. The number of fused-ring (bicyclic) bond motifs is 1. The molecule has 0 spiro atoms. The Hall–Kier alpha value is -0.650. The third-order valence-corrected chi connectivity index (χ3v) is 4.06. The molecule has 0 atom stereocenters. The minimum Gasteiger partial charge on any atom is -0.390 e. The van der Waals surface area contributed by atoms with Gasteiger partial charge in [0, 0.05) is 18.3 Å². The molecule has 1 saturated carbocycles. The summed E-state index contributed by atoms with van der Waals surface area (Å²) in [6.07, 6.45) is 4.97. The molecule has 2 aromatic rings. The molecule has 17 heavy (non-hydrogen) atoms. The second kappa shape index (κ2) is 3.67. The number of hydrogen-bond acceptors (Lipinski definition) is 3. The van der Waals surface area contributed by atoms with Gasteiger partial charge < -0.3 is 5.11 Å². The number of aliphatic hydroxyl groups is 1. The van der Waals surface area contributed by atoms with Crippen LogP contribution in [0, 0.1) is 0 Å². The molecular formula is C11H11BrClN3O. The summed E-state index contributed by atoms with van der Waals surface area (Å²) in [4.78, 5) is 8.52. The van der Waals surface area contributed by atoms with Gasteiger partial charge in [-0.1, -0.05) is 11.6 Å². The molecule has 0 amide bonds. The second-order valence-corrected chi connectivity index (χ2v) is 5.91. The van der Waals surface area contributed by atoms with Gasteiger partial charge in [0.25, 0.3) is 0 Å². The van der Waals surface area contributed by atoms with E-state index in [0.717, 1.165) is 24.2 Å². The normalized spacial score (nSPS) is 28.4. The molecule has 0 bridgehead atoms. The lowest BCUT2D eigenvalue weighted by molar-refractivity contribution is -0.0335. The first-order chi connectivity index (χ1) is 7.98. The lowest BCUT2D eigenvalue weighted by Crippen LogP contribution is -2.40. The standard InChI is InChI=1S/C11H11BrClN3O/c1-11(17)4-6(5-11)10-15-8(12)7-9(13)14-2-3-16(7)10/h2-3,6,17H,4-5H2,1H3/t6-,11+. The first-order valence-electron chi connectivity index (χ1n) is 5.38. The van der Waals surface area contributed by atoms with Crippen molar-refractivity contribution in [1.29, 1.82) is 0 Å². The fraction of sp³-hybridized carbons (Fsp3) is 0.455. The summed E-state index contributed by atoms with van der Waals surface area (Å²) in [7, 11) is 0. The van der Waals surface area contributed by atoms with E-state index in [0.29, 0.717) is 9.76 Å². The summed E-state index contributed by atoms with van der Waals surface area (Å²) < 4.78 is 2.65. The summed E-state index contributed by atoms with van der Waals surface area (Å²) in [5.74, 6) is 1.21. The van der Waals surface area contributed by atoms with Crippen molar-refractivity contribution >= 4 is 33.0 Å². The lowest BCUT2D eigenvalue weighted by atomic mass is 9.72. The summed E-state index contributed by atoms with van der Waals surface area (Å²) in [5.41, 5.74) is 0.232. The molecule has 1 N–H and O–H groups in total. The van der Waals surface area contributed by atoms with Crippen LogP contribution in [-0.2, 0) is 0 Å². The predicted octanol–water partition coefficient (Wildman–Crippen LogP) is 2.77. The average Bonchev–Trinajstić information content (AvgIpc) is 2.54. The number of imidazole rings is 1. The van der Waals surface area contributed by atoms with E-state index in [9.17, 15) is 5.11 Å². The van der Waals surface area contributed by atoms with Crippen molar-refractivity contribution in [2.45, 2.75) is 31.3 Å². The van der Waals surface area contributed by atoms with Crippen LogP contribution in [0.25, 0.3) is 5.52 Å². The SMILES string of the molecule is C[C@]1(O)C[C@@H](c2nc(Br)c3c(Cl)nccn32)C1. The molecule has 4 nitrogen and oxygen atoms in total.